The van der Waals surface area contributed by atoms with Crippen LogP contribution in [0.4, 0.5) is 4.79 Å². The van der Waals surface area contributed by atoms with E-state index in [-0.39, 0.29) is 6.03 Å². The second-order valence-electron chi connectivity index (χ2n) is 7.07. The fourth-order valence-electron chi connectivity index (χ4n) is 3.43. The standard InChI is InChI=1S/C21H24ClN5OS/c22-20-7-6-19(29-20)16-25-12-14-26(15-13-25)21(28)23-10-8-17-2-4-18(5-3-17)27-11-1-9-24-27/h1-7,9,11H,8,10,12-16H2,(H,23,28). The Hall–Kier alpha value is -2.35. The number of benzene rings is 1. The van der Waals surface area contributed by atoms with Gasteiger partial charge in [0.2, 0.25) is 0 Å². The summed E-state index contributed by atoms with van der Waals surface area (Å²) in [5.74, 6) is 0. The van der Waals surface area contributed by atoms with Gasteiger partial charge in [-0.05, 0) is 42.3 Å². The van der Waals surface area contributed by atoms with E-state index in [0.717, 1.165) is 49.2 Å². The number of aromatic nitrogens is 2. The van der Waals surface area contributed by atoms with Crippen molar-refractivity contribution in [2.24, 2.45) is 0 Å². The number of thiophene rings is 1. The molecule has 2 aromatic heterocycles. The van der Waals surface area contributed by atoms with E-state index in [1.165, 1.54) is 10.4 Å². The quantitative estimate of drug-likeness (QED) is 0.650. The fraction of sp³-hybridized carbons (Fsp3) is 0.333. The van der Waals surface area contributed by atoms with Crippen molar-refractivity contribution in [2.45, 2.75) is 13.0 Å². The van der Waals surface area contributed by atoms with Crippen LogP contribution in [0.2, 0.25) is 4.34 Å². The number of piperazine rings is 1. The Morgan fingerprint density at radius 1 is 1.10 bits per heavy atom. The predicted molar refractivity (Wildman–Crippen MR) is 117 cm³/mol. The van der Waals surface area contributed by atoms with Gasteiger partial charge in [-0.3, -0.25) is 4.90 Å². The van der Waals surface area contributed by atoms with Crippen LogP contribution < -0.4 is 5.32 Å². The van der Waals surface area contributed by atoms with Crippen LogP contribution in [-0.2, 0) is 13.0 Å². The zero-order valence-corrected chi connectivity index (χ0v) is 17.7. The number of urea groups is 1. The Labute approximate surface area is 179 Å². The van der Waals surface area contributed by atoms with Crippen molar-refractivity contribution in [3.63, 3.8) is 0 Å². The van der Waals surface area contributed by atoms with E-state index in [9.17, 15) is 4.79 Å². The van der Waals surface area contributed by atoms with Crippen molar-refractivity contribution in [2.75, 3.05) is 32.7 Å². The van der Waals surface area contributed by atoms with E-state index in [4.69, 9.17) is 11.6 Å². The van der Waals surface area contributed by atoms with Gasteiger partial charge in [-0.25, -0.2) is 9.48 Å². The van der Waals surface area contributed by atoms with Gasteiger partial charge < -0.3 is 10.2 Å². The number of amides is 2. The lowest BCUT2D eigenvalue weighted by Crippen LogP contribution is -2.51. The van der Waals surface area contributed by atoms with Gasteiger partial charge >= 0.3 is 6.03 Å². The molecule has 1 aliphatic heterocycles. The van der Waals surface area contributed by atoms with Gasteiger partial charge in [0.15, 0.2) is 0 Å². The molecule has 0 aliphatic carbocycles. The highest BCUT2D eigenvalue weighted by atomic mass is 35.5. The minimum absolute atomic E-state index is 0.0250. The number of nitrogens with one attached hydrogen (secondary N) is 1. The normalized spacial score (nSPS) is 14.9. The Bertz CT molecular complexity index is 917. The summed E-state index contributed by atoms with van der Waals surface area (Å²) in [5, 5.41) is 7.27. The SMILES string of the molecule is O=C(NCCc1ccc(-n2cccn2)cc1)N1CCN(Cc2ccc(Cl)s2)CC1. The molecule has 1 fully saturated rings. The maximum absolute atomic E-state index is 12.4. The van der Waals surface area contributed by atoms with E-state index in [0.29, 0.717) is 6.54 Å². The lowest BCUT2D eigenvalue weighted by Gasteiger charge is -2.34. The van der Waals surface area contributed by atoms with Crippen molar-refractivity contribution < 1.29 is 4.79 Å². The highest BCUT2D eigenvalue weighted by molar-refractivity contribution is 7.16. The molecule has 0 bridgehead atoms. The number of carbonyl (C=O) groups is 1. The van der Waals surface area contributed by atoms with E-state index in [1.54, 1.807) is 17.5 Å². The monoisotopic (exact) mass is 429 g/mol. The molecule has 0 atom stereocenters. The molecule has 1 saturated heterocycles. The first kappa shape index (κ1) is 19.9. The molecule has 0 unspecified atom stereocenters. The molecule has 29 heavy (non-hydrogen) atoms. The molecule has 0 spiro atoms. The third-order valence-corrected chi connectivity index (χ3v) is 6.28. The first-order chi connectivity index (χ1) is 14.2. The Morgan fingerprint density at radius 2 is 1.90 bits per heavy atom. The third kappa shape index (κ3) is 5.38. The summed E-state index contributed by atoms with van der Waals surface area (Å²) >= 11 is 7.63. The Morgan fingerprint density at radius 3 is 2.55 bits per heavy atom. The van der Waals surface area contributed by atoms with Gasteiger partial charge in [0.1, 0.15) is 0 Å². The molecular weight excluding hydrogens is 406 g/mol. The van der Waals surface area contributed by atoms with Crippen molar-refractivity contribution in [1.82, 2.24) is 24.9 Å². The summed E-state index contributed by atoms with van der Waals surface area (Å²) in [6.45, 7) is 4.82. The number of carbonyl (C=O) groups excluding carboxylic acids is 1. The van der Waals surface area contributed by atoms with Crippen molar-refractivity contribution in [3.8, 4) is 5.69 Å². The summed E-state index contributed by atoms with van der Waals surface area (Å²) < 4.78 is 2.66. The zero-order valence-electron chi connectivity index (χ0n) is 16.1. The van der Waals surface area contributed by atoms with Crippen molar-refractivity contribution >= 4 is 29.0 Å². The number of rotatable bonds is 6. The first-order valence-electron chi connectivity index (χ1n) is 9.76. The van der Waals surface area contributed by atoms with Gasteiger partial charge in [0.05, 0.1) is 10.0 Å². The van der Waals surface area contributed by atoms with Crippen LogP contribution in [0.25, 0.3) is 5.69 Å². The van der Waals surface area contributed by atoms with Crippen LogP contribution in [0.1, 0.15) is 10.4 Å². The molecule has 3 aromatic rings. The molecule has 0 saturated carbocycles. The molecule has 2 amide bonds. The van der Waals surface area contributed by atoms with E-state index in [1.807, 2.05) is 40.0 Å². The van der Waals surface area contributed by atoms with Crippen LogP contribution in [-0.4, -0.2) is 58.3 Å². The van der Waals surface area contributed by atoms with Gasteiger partial charge in [-0.1, -0.05) is 23.7 Å². The summed E-state index contributed by atoms with van der Waals surface area (Å²) in [7, 11) is 0. The second-order valence-corrected chi connectivity index (χ2v) is 8.87. The lowest BCUT2D eigenvalue weighted by atomic mass is 10.1. The minimum Gasteiger partial charge on any atom is -0.338 e. The van der Waals surface area contributed by atoms with Crippen LogP contribution in [0, 0.1) is 0 Å². The zero-order chi connectivity index (χ0) is 20.1. The van der Waals surface area contributed by atoms with Crippen LogP contribution in [0.5, 0.6) is 0 Å². The Balaban J connectivity index is 1.17. The predicted octanol–water partition coefficient (Wildman–Crippen LogP) is 3.66. The second kappa shape index (κ2) is 9.43. The minimum atomic E-state index is 0.0250. The molecule has 4 rings (SSSR count). The van der Waals surface area contributed by atoms with Gasteiger partial charge in [-0.15, -0.1) is 11.3 Å². The van der Waals surface area contributed by atoms with Crippen molar-refractivity contribution in [1.29, 1.82) is 0 Å². The van der Waals surface area contributed by atoms with Gasteiger partial charge in [0.25, 0.3) is 0 Å². The molecule has 3 heterocycles. The number of hydrogen-bond donors (Lipinski definition) is 1. The van der Waals surface area contributed by atoms with Gasteiger partial charge in [0, 0.05) is 56.5 Å². The first-order valence-corrected chi connectivity index (χ1v) is 10.9. The largest absolute Gasteiger partial charge is 0.338 e. The summed E-state index contributed by atoms with van der Waals surface area (Å²) in [6, 6.07) is 14.2. The molecule has 1 N–H and O–H groups in total. The smallest absolute Gasteiger partial charge is 0.317 e. The fourth-order valence-corrected chi connectivity index (χ4v) is 4.56. The molecule has 0 radical (unpaired) electrons. The summed E-state index contributed by atoms with van der Waals surface area (Å²) in [6.07, 6.45) is 4.50. The average Bonchev–Trinajstić information content (AvgIpc) is 3.41. The summed E-state index contributed by atoms with van der Waals surface area (Å²) in [4.78, 5) is 18.0. The molecule has 1 aliphatic rings. The topological polar surface area (TPSA) is 53.4 Å². The molecular formula is C21H24ClN5OS. The third-order valence-electron chi connectivity index (χ3n) is 5.06. The van der Waals surface area contributed by atoms with Crippen LogP contribution in [0.3, 0.4) is 0 Å². The highest BCUT2D eigenvalue weighted by Crippen LogP contribution is 2.23. The van der Waals surface area contributed by atoms with Crippen LogP contribution in [0.15, 0.2) is 54.9 Å². The maximum atomic E-state index is 12.4. The van der Waals surface area contributed by atoms with Crippen molar-refractivity contribution in [3.05, 3.63) is 69.6 Å². The molecule has 152 valence electrons. The Kier molecular flexibility index (Phi) is 6.49. The average molecular weight is 430 g/mol. The lowest BCUT2D eigenvalue weighted by molar-refractivity contribution is 0.136. The van der Waals surface area contributed by atoms with Crippen LogP contribution >= 0.6 is 22.9 Å². The number of hydrogen-bond acceptors (Lipinski definition) is 4. The van der Waals surface area contributed by atoms with E-state index < -0.39 is 0 Å². The maximum Gasteiger partial charge on any atom is 0.317 e. The van der Waals surface area contributed by atoms with Gasteiger partial charge in [-0.2, -0.15) is 5.10 Å². The number of halogens is 1. The highest BCUT2D eigenvalue weighted by Gasteiger charge is 2.21. The molecule has 6 nitrogen and oxygen atoms in total. The molecule has 1 aromatic carbocycles. The van der Waals surface area contributed by atoms with E-state index >= 15 is 0 Å². The molecule has 8 heteroatoms. The van der Waals surface area contributed by atoms with E-state index in [2.05, 4.69) is 33.5 Å². The number of nitrogens with zero attached hydrogens (tertiary/aromatic N) is 4. The summed E-state index contributed by atoms with van der Waals surface area (Å²) in [5.41, 5.74) is 2.23.